The minimum absolute atomic E-state index is 0.0435. The van der Waals surface area contributed by atoms with Gasteiger partial charge in [0.2, 0.25) is 10.0 Å². The van der Waals surface area contributed by atoms with E-state index in [9.17, 15) is 26.4 Å². The van der Waals surface area contributed by atoms with Gasteiger partial charge >= 0.3 is 6.18 Å². The van der Waals surface area contributed by atoms with E-state index in [1.165, 1.54) is 40.7 Å². The van der Waals surface area contributed by atoms with Crippen molar-refractivity contribution in [2.45, 2.75) is 30.8 Å². The summed E-state index contributed by atoms with van der Waals surface area (Å²) >= 11 is 0. The average molecular weight is 440 g/mol. The Bertz CT molecular complexity index is 1010. The number of anilines is 1. The predicted molar refractivity (Wildman–Crippen MR) is 108 cm³/mol. The van der Waals surface area contributed by atoms with Crippen molar-refractivity contribution >= 4 is 21.5 Å². The molecule has 0 bridgehead atoms. The van der Waals surface area contributed by atoms with Gasteiger partial charge in [-0.2, -0.15) is 17.5 Å². The molecule has 0 atom stereocenters. The highest BCUT2D eigenvalue weighted by molar-refractivity contribution is 7.89. The van der Waals surface area contributed by atoms with Crippen LogP contribution < -0.4 is 5.32 Å². The number of carbonyl (C=O) groups excluding carboxylic acids is 1. The molecule has 2 aromatic rings. The molecule has 0 amide bonds. The summed E-state index contributed by atoms with van der Waals surface area (Å²) in [5.74, 6) is 0.0583. The number of carbonyl (C=O) groups is 1. The quantitative estimate of drug-likeness (QED) is 0.676. The van der Waals surface area contributed by atoms with E-state index in [2.05, 4.69) is 12.2 Å². The van der Waals surface area contributed by atoms with E-state index in [0.717, 1.165) is 25.0 Å². The van der Waals surface area contributed by atoms with Crippen LogP contribution in [-0.2, 0) is 16.2 Å². The number of hydrogen-bond donors (Lipinski definition) is 1. The smallest absolute Gasteiger partial charge is 0.378 e. The molecule has 1 aliphatic heterocycles. The Morgan fingerprint density at radius 3 is 2.43 bits per heavy atom. The second-order valence-electron chi connectivity index (χ2n) is 7.47. The highest BCUT2D eigenvalue weighted by Crippen LogP contribution is 2.30. The zero-order valence-electron chi connectivity index (χ0n) is 16.4. The van der Waals surface area contributed by atoms with E-state index >= 15 is 0 Å². The summed E-state index contributed by atoms with van der Waals surface area (Å²) in [4.78, 5) is 12.5. The van der Waals surface area contributed by atoms with Crippen LogP contribution in [0.2, 0.25) is 0 Å². The van der Waals surface area contributed by atoms with Gasteiger partial charge in [0.05, 0.1) is 17.0 Å². The normalized spacial score (nSPS) is 16.4. The van der Waals surface area contributed by atoms with Gasteiger partial charge in [-0.25, -0.2) is 8.42 Å². The molecule has 0 unspecified atom stereocenters. The zero-order chi connectivity index (χ0) is 21.9. The van der Waals surface area contributed by atoms with Crippen LogP contribution in [0.3, 0.4) is 0 Å². The largest absolute Gasteiger partial charge is 0.416 e. The molecule has 1 aliphatic rings. The molecule has 1 saturated heterocycles. The third kappa shape index (κ3) is 5.20. The topological polar surface area (TPSA) is 66.5 Å². The van der Waals surface area contributed by atoms with Crippen molar-refractivity contribution in [2.24, 2.45) is 5.92 Å². The first-order valence-corrected chi connectivity index (χ1v) is 11.1. The van der Waals surface area contributed by atoms with E-state index in [4.69, 9.17) is 0 Å². The van der Waals surface area contributed by atoms with Crippen LogP contribution in [0.4, 0.5) is 18.9 Å². The van der Waals surface area contributed by atoms with Crippen LogP contribution in [0.15, 0.2) is 53.4 Å². The van der Waals surface area contributed by atoms with Gasteiger partial charge in [0.1, 0.15) is 0 Å². The van der Waals surface area contributed by atoms with Crippen molar-refractivity contribution in [3.05, 3.63) is 59.7 Å². The van der Waals surface area contributed by atoms with Crippen LogP contribution >= 0.6 is 0 Å². The predicted octanol–water partition coefficient (Wildman–Crippen LogP) is 4.42. The van der Waals surface area contributed by atoms with Crippen molar-refractivity contribution in [1.29, 1.82) is 0 Å². The first-order valence-electron chi connectivity index (χ1n) is 9.62. The molecule has 0 spiro atoms. The Morgan fingerprint density at radius 1 is 1.10 bits per heavy atom. The molecule has 9 heteroatoms. The van der Waals surface area contributed by atoms with Gasteiger partial charge in [0, 0.05) is 24.3 Å². The SMILES string of the molecule is CC1CCN(S(=O)(=O)c2cccc(C(=O)CNc3cccc(C(F)(F)F)c3)c2)CC1. The summed E-state index contributed by atoms with van der Waals surface area (Å²) in [6.07, 6.45) is -2.89. The molecule has 0 saturated carbocycles. The van der Waals surface area contributed by atoms with Crippen molar-refractivity contribution in [3.8, 4) is 0 Å². The summed E-state index contributed by atoms with van der Waals surface area (Å²) in [5, 5.41) is 2.67. The highest BCUT2D eigenvalue weighted by atomic mass is 32.2. The monoisotopic (exact) mass is 440 g/mol. The maximum atomic E-state index is 12.9. The molecule has 0 radical (unpaired) electrons. The van der Waals surface area contributed by atoms with Gasteiger partial charge in [-0.15, -0.1) is 0 Å². The molecule has 1 heterocycles. The van der Waals surface area contributed by atoms with Gasteiger partial charge in [-0.05, 0) is 49.1 Å². The fourth-order valence-electron chi connectivity index (χ4n) is 3.29. The fourth-order valence-corrected chi connectivity index (χ4v) is 4.81. The third-order valence-electron chi connectivity index (χ3n) is 5.18. The second kappa shape index (κ2) is 8.77. The maximum Gasteiger partial charge on any atom is 0.416 e. The Hall–Kier alpha value is -2.39. The minimum Gasteiger partial charge on any atom is -0.378 e. The number of benzene rings is 2. The van der Waals surface area contributed by atoms with Crippen molar-refractivity contribution < 1.29 is 26.4 Å². The molecule has 3 rings (SSSR count). The van der Waals surface area contributed by atoms with E-state index in [0.29, 0.717) is 19.0 Å². The lowest BCUT2D eigenvalue weighted by atomic mass is 10.0. The maximum absolute atomic E-state index is 12.9. The Kier molecular flexibility index (Phi) is 6.52. The molecule has 1 fully saturated rings. The first kappa shape index (κ1) is 22.3. The Labute approximate surface area is 173 Å². The van der Waals surface area contributed by atoms with Gasteiger partial charge < -0.3 is 5.32 Å². The lowest BCUT2D eigenvalue weighted by molar-refractivity contribution is -0.137. The summed E-state index contributed by atoms with van der Waals surface area (Å²) < 4.78 is 65.6. The van der Waals surface area contributed by atoms with E-state index in [-0.39, 0.29) is 22.7 Å². The number of Topliss-reactive ketones (excluding diaryl/α,β-unsaturated/α-hetero) is 1. The average Bonchev–Trinajstić information content (AvgIpc) is 2.72. The van der Waals surface area contributed by atoms with Gasteiger partial charge in [-0.3, -0.25) is 4.79 Å². The first-order chi connectivity index (χ1) is 14.1. The van der Waals surface area contributed by atoms with Crippen LogP contribution in [0, 0.1) is 5.92 Å². The summed E-state index contributed by atoms with van der Waals surface area (Å²) in [5.41, 5.74) is -0.478. The van der Waals surface area contributed by atoms with Crippen LogP contribution in [0.1, 0.15) is 35.7 Å². The molecule has 1 N–H and O–H groups in total. The number of alkyl halides is 3. The molecule has 0 aliphatic carbocycles. The number of halogens is 3. The summed E-state index contributed by atoms with van der Waals surface area (Å²) in [6.45, 7) is 2.71. The summed E-state index contributed by atoms with van der Waals surface area (Å²) in [7, 11) is -3.69. The van der Waals surface area contributed by atoms with Crippen molar-refractivity contribution in [2.75, 3.05) is 25.0 Å². The van der Waals surface area contributed by atoms with Crippen LogP contribution in [-0.4, -0.2) is 38.1 Å². The number of ketones is 1. The van der Waals surface area contributed by atoms with E-state index in [1.54, 1.807) is 0 Å². The standard InChI is InChI=1S/C21H23F3N2O3S/c1-15-8-10-26(11-9-15)30(28,29)19-7-2-4-16(12-19)20(27)14-25-18-6-3-5-17(13-18)21(22,23)24/h2-7,12-13,15,25H,8-11,14H2,1H3. The number of piperidine rings is 1. The Morgan fingerprint density at radius 2 is 1.77 bits per heavy atom. The molecular formula is C21H23F3N2O3S. The number of sulfonamides is 1. The van der Waals surface area contributed by atoms with E-state index in [1.807, 2.05) is 0 Å². The molecule has 0 aromatic heterocycles. The molecular weight excluding hydrogens is 417 g/mol. The Balaban J connectivity index is 1.71. The lowest BCUT2D eigenvalue weighted by Crippen LogP contribution is -2.37. The number of hydrogen-bond acceptors (Lipinski definition) is 4. The minimum atomic E-state index is -4.48. The third-order valence-corrected chi connectivity index (χ3v) is 7.07. The van der Waals surface area contributed by atoms with Gasteiger partial charge in [0.15, 0.2) is 5.78 Å². The van der Waals surface area contributed by atoms with Crippen LogP contribution in [0.5, 0.6) is 0 Å². The molecule has 2 aromatic carbocycles. The molecule has 5 nitrogen and oxygen atoms in total. The number of rotatable bonds is 6. The molecule has 30 heavy (non-hydrogen) atoms. The fraction of sp³-hybridized carbons (Fsp3) is 0.381. The van der Waals surface area contributed by atoms with Crippen molar-refractivity contribution in [1.82, 2.24) is 4.31 Å². The summed E-state index contributed by atoms with van der Waals surface area (Å²) in [6, 6.07) is 10.3. The second-order valence-corrected chi connectivity index (χ2v) is 9.41. The van der Waals surface area contributed by atoms with Gasteiger partial charge in [-0.1, -0.05) is 25.1 Å². The lowest BCUT2D eigenvalue weighted by Gasteiger charge is -2.29. The zero-order valence-corrected chi connectivity index (χ0v) is 17.3. The van der Waals surface area contributed by atoms with E-state index < -0.39 is 27.5 Å². The van der Waals surface area contributed by atoms with Crippen molar-refractivity contribution in [3.63, 3.8) is 0 Å². The number of nitrogens with one attached hydrogen (secondary N) is 1. The molecule has 162 valence electrons. The number of nitrogens with zero attached hydrogens (tertiary/aromatic N) is 1. The highest BCUT2D eigenvalue weighted by Gasteiger charge is 2.30. The van der Waals surface area contributed by atoms with Crippen LogP contribution in [0.25, 0.3) is 0 Å². The van der Waals surface area contributed by atoms with Gasteiger partial charge in [0.25, 0.3) is 0 Å².